The second-order valence-electron chi connectivity index (χ2n) is 6.35. The molecule has 3 rings (SSSR count). The molecule has 0 saturated carbocycles. The van der Waals surface area contributed by atoms with Crippen LogP contribution in [0.25, 0.3) is 0 Å². The van der Waals surface area contributed by atoms with Crippen LogP contribution in [0, 0.1) is 0 Å². The summed E-state index contributed by atoms with van der Waals surface area (Å²) in [5.41, 5.74) is 1.03. The first-order valence-electron chi connectivity index (χ1n) is 9.23. The van der Waals surface area contributed by atoms with Crippen molar-refractivity contribution >= 4 is 30.2 Å². The highest BCUT2D eigenvalue weighted by atomic mass is 16.5. The number of hydrogen-bond acceptors (Lipinski definition) is 8. The summed E-state index contributed by atoms with van der Waals surface area (Å²) >= 11 is 0. The highest BCUT2D eigenvalue weighted by molar-refractivity contribution is 6.58. The van der Waals surface area contributed by atoms with Gasteiger partial charge in [-0.05, 0) is 54.0 Å². The van der Waals surface area contributed by atoms with Crippen LogP contribution in [0.5, 0.6) is 11.5 Å². The molecule has 1 aliphatic heterocycles. The maximum Gasteiger partial charge on any atom is 0.488 e. The number of rotatable bonds is 6. The van der Waals surface area contributed by atoms with E-state index >= 15 is 0 Å². The third kappa shape index (κ3) is 5.03. The molecule has 2 N–H and O–H groups in total. The highest BCUT2D eigenvalue weighted by Crippen LogP contribution is 2.29. The Morgan fingerprint density at radius 1 is 0.839 bits per heavy atom. The van der Waals surface area contributed by atoms with E-state index in [0.717, 1.165) is 0 Å². The Kier molecular flexibility index (Phi) is 6.91. The van der Waals surface area contributed by atoms with Crippen molar-refractivity contribution in [2.45, 2.75) is 0 Å². The van der Waals surface area contributed by atoms with Gasteiger partial charge in [0.2, 0.25) is 0 Å². The van der Waals surface area contributed by atoms with Crippen molar-refractivity contribution in [2.75, 3.05) is 19.1 Å². The second kappa shape index (κ2) is 9.79. The van der Waals surface area contributed by atoms with E-state index < -0.39 is 19.1 Å². The monoisotopic (exact) mass is 421 g/mol. The van der Waals surface area contributed by atoms with E-state index in [4.69, 9.17) is 24.3 Å². The Labute approximate surface area is 179 Å². The first-order valence-corrected chi connectivity index (χ1v) is 9.23. The molecule has 0 unspecified atom stereocenters. The fourth-order valence-electron chi connectivity index (χ4n) is 2.88. The largest absolute Gasteiger partial charge is 0.488 e. The lowest BCUT2D eigenvalue weighted by atomic mass is 9.80. The number of carbonyl (C=O) groups excluding carboxylic acids is 2. The van der Waals surface area contributed by atoms with Gasteiger partial charge in [0.1, 0.15) is 17.2 Å². The van der Waals surface area contributed by atoms with E-state index in [1.807, 2.05) is 0 Å². The fourth-order valence-corrected chi connectivity index (χ4v) is 2.88. The molecule has 1 heterocycles. The molecule has 2 aromatic carbocycles. The molecule has 0 radical (unpaired) electrons. The molecule has 0 aliphatic carbocycles. The molecule has 158 valence electrons. The highest BCUT2D eigenvalue weighted by Gasteiger charge is 2.27. The predicted molar refractivity (Wildman–Crippen MR) is 115 cm³/mol. The Hall–Kier alpha value is -3.82. The summed E-state index contributed by atoms with van der Waals surface area (Å²) in [6, 6.07) is 13.2. The number of carbonyl (C=O) groups is 2. The van der Waals surface area contributed by atoms with Crippen LogP contribution in [0.1, 0.15) is 0 Å². The molecule has 0 aromatic heterocycles. The molecule has 0 saturated heterocycles. The zero-order valence-electron chi connectivity index (χ0n) is 16.9. The maximum absolute atomic E-state index is 12.5. The lowest BCUT2D eigenvalue weighted by Crippen LogP contribution is -2.29. The summed E-state index contributed by atoms with van der Waals surface area (Å²) in [6.07, 6.45) is 6.42. The van der Waals surface area contributed by atoms with Crippen molar-refractivity contribution in [3.05, 3.63) is 84.2 Å². The van der Waals surface area contributed by atoms with Crippen LogP contribution in [-0.2, 0) is 19.1 Å². The minimum absolute atomic E-state index is 0.0196. The average Bonchev–Trinajstić information content (AvgIpc) is 3.02. The van der Waals surface area contributed by atoms with Crippen molar-refractivity contribution in [3.63, 3.8) is 0 Å². The predicted octanol–water partition coefficient (Wildman–Crippen LogP) is 1.65. The lowest BCUT2D eigenvalue weighted by Gasteiger charge is -2.23. The number of ether oxygens (including phenoxy) is 3. The number of allylic oxidation sites excluding steroid dienone is 2. The fraction of sp³-hybridized carbons (Fsp3) is 0.0909. The van der Waals surface area contributed by atoms with Crippen molar-refractivity contribution in [3.8, 4) is 11.5 Å². The average molecular weight is 421 g/mol. The lowest BCUT2D eigenvalue weighted by molar-refractivity contribution is -0.139. The summed E-state index contributed by atoms with van der Waals surface area (Å²) in [7, 11) is 0.927. The Bertz CT molecular complexity index is 1040. The van der Waals surface area contributed by atoms with E-state index in [1.165, 1.54) is 25.2 Å². The van der Waals surface area contributed by atoms with Gasteiger partial charge in [-0.15, -0.1) is 0 Å². The molecule has 0 atom stereocenters. The minimum atomic E-state index is -1.54. The van der Waals surface area contributed by atoms with Crippen LogP contribution < -0.4 is 15.1 Å². The quantitative estimate of drug-likeness (QED) is 0.536. The van der Waals surface area contributed by atoms with Gasteiger partial charge in [0.05, 0.1) is 19.8 Å². The molecule has 0 fully saturated rings. The Balaban J connectivity index is 1.89. The number of hydrogen-bond donors (Lipinski definition) is 2. The first-order chi connectivity index (χ1) is 14.9. The molecule has 0 spiro atoms. The zero-order valence-corrected chi connectivity index (χ0v) is 16.9. The Morgan fingerprint density at radius 3 is 1.97 bits per heavy atom. The van der Waals surface area contributed by atoms with Gasteiger partial charge < -0.3 is 29.2 Å². The summed E-state index contributed by atoms with van der Waals surface area (Å²) < 4.78 is 15.4. The first kappa shape index (κ1) is 21.9. The van der Waals surface area contributed by atoms with E-state index in [9.17, 15) is 9.59 Å². The molecule has 1 aliphatic rings. The van der Waals surface area contributed by atoms with Crippen LogP contribution in [0.15, 0.2) is 84.2 Å². The van der Waals surface area contributed by atoms with Gasteiger partial charge >= 0.3 is 19.1 Å². The second-order valence-corrected chi connectivity index (χ2v) is 6.35. The normalized spacial score (nSPS) is 13.0. The molecule has 2 aromatic rings. The molecular formula is C22H20BNO7. The number of nitrogens with zero attached hydrogens (tertiary/aromatic N) is 1. The van der Waals surface area contributed by atoms with Crippen LogP contribution in [0.2, 0.25) is 0 Å². The maximum atomic E-state index is 12.5. The van der Waals surface area contributed by atoms with Crippen LogP contribution in [0.3, 0.4) is 0 Å². The standard InChI is InChI=1S/C22H20BNO7/c1-29-21(25)19-5-3-4-14-24(20(19)22(26)30-2)16-8-12-18(13-9-16)31-17-10-6-15(7-11-17)23(27)28/h3-14,27-28H,1-2H3. The molecule has 8 nitrogen and oxygen atoms in total. The minimum Gasteiger partial charge on any atom is -0.465 e. The van der Waals surface area contributed by atoms with Gasteiger partial charge in [0.25, 0.3) is 0 Å². The number of anilines is 1. The van der Waals surface area contributed by atoms with E-state index in [1.54, 1.807) is 66.9 Å². The molecule has 0 amide bonds. The third-order valence-corrected chi connectivity index (χ3v) is 4.42. The Morgan fingerprint density at radius 2 is 1.42 bits per heavy atom. The molecule has 9 heteroatoms. The van der Waals surface area contributed by atoms with Crippen molar-refractivity contribution in [1.82, 2.24) is 0 Å². The number of benzene rings is 2. The topological polar surface area (TPSA) is 106 Å². The van der Waals surface area contributed by atoms with E-state index in [0.29, 0.717) is 22.6 Å². The number of esters is 2. The van der Waals surface area contributed by atoms with Gasteiger partial charge in [-0.25, -0.2) is 9.59 Å². The van der Waals surface area contributed by atoms with E-state index in [2.05, 4.69) is 0 Å². The van der Waals surface area contributed by atoms with Gasteiger partial charge in [0, 0.05) is 11.9 Å². The van der Waals surface area contributed by atoms with Crippen molar-refractivity contribution < 1.29 is 33.8 Å². The third-order valence-electron chi connectivity index (χ3n) is 4.42. The van der Waals surface area contributed by atoms with Gasteiger partial charge in [-0.1, -0.05) is 18.2 Å². The van der Waals surface area contributed by atoms with Crippen molar-refractivity contribution in [2.24, 2.45) is 0 Å². The summed E-state index contributed by atoms with van der Waals surface area (Å²) in [4.78, 5) is 26.2. The smallest absolute Gasteiger partial charge is 0.465 e. The summed E-state index contributed by atoms with van der Waals surface area (Å²) in [5.74, 6) is -0.321. The summed E-state index contributed by atoms with van der Waals surface area (Å²) in [5, 5.41) is 18.3. The van der Waals surface area contributed by atoms with Gasteiger partial charge in [-0.2, -0.15) is 0 Å². The molecule has 31 heavy (non-hydrogen) atoms. The van der Waals surface area contributed by atoms with Gasteiger partial charge in [0.15, 0.2) is 0 Å². The summed E-state index contributed by atoms with van der Waals surface area (Å²) in [6.45, 7) is 0. The van der Waals surface area contributed by atoms with Crippen molar-refractivity contribution in [1.29, 1.82) is 0 Å². The van der Waals surface area contributed by atoms with Gasteiger partial charge in [-0.3, -0.25) is 0 Å². The molecular weight excluding hydrogens is 401 g/mol. The van der Waals surface area contributed by atoms with Crippen LogP contribution in [-0.4, -0.2) is 43.3 Å². The molecule has 0 bridgehead atoms. The number of methoxy groups -OCH3 is 2. The zero-order chi connectivity index (χ0) is 22.4. The SMILES string of the molecule is COC(=O)C1=C(C(=O)OC)N(c2ccc(Oc3ccc(B(O)O)cc3)cc2)C=CC=C1. The van der Waals surface area contributed by atoms with E-state index in [-0.39, 0.29) is 11.3 Å². The van der Waals surface area contributed by atoms with Crippen LogP contribution >= 0.6 is 0 Å². The van der Waals surface area contributed by atoms with Crippen LogP contribution in [0.4, 0.5) is 5.69 Å².